The fourth-order valence-electron chi connectivity index (χ4n) is 1.78. The Morgan fingerprint density at radius 3 is 2.30 bits per heavy atom. The van der Waals surface area contributed by atoms with Crippen LogP contribution in [0.5, 0.6) is 5.75 Å². The van der Waals surface area contributed by atoms with Gasteiger partial charge < -0.3 is 4.74 Å². The average Bonchev–Trinajstić information content (AvgIpc) is 2.63. The van der Waals surface area contributed by atoms with E-state index in [1.165, 1.54) is 19.2 Å². The van der Waals surface area contributed by atoms with Crippen molar-refractivity contribution in [2.75, 3.05) is 18.6 Å². The Labute approximate surface area is 120 Å². The van der Waals surface area contributed by atoms with Gasteiger partial charge in [-0.15, -0.1) is 0 Å². The first-order chi connectivity index (χ1) is 9.45. The number of urea groups is 1. The molecule has 0 aromatic heterocycles. The molecule has 0 N–H and O–H groups in total. The predicted molar refractivity (Wildman–Crippen MR) is 72.6 cm³/mol. The second-order valence-corrected chi connectivity index (χ2v) is 4.56. The first-order valence-corrected chi connectivity index (χ1v) is 6.00. The molecule has 0 radical (unpaired) electrons. The number of ether oxygens (including phenoxy) is 1. The number of hydrogen-bond acceptors (Lipinski definition) is 4. The molecule has 1 saturated heterocycles. The number of rotatable bonds is 4. The molecule has 104 valence electrons. The van der Waals surface area contributed by atoms with Crippen LogP contribution in [0.4, 0.5) is 10.5 Å². The molecule has 1 fully saturated rings. The number of anilines is 1. The summed E-state index contributed by atoms with van der Waals surface area (Å²) in [4.78, 5) is 37.3. The first kappa shape index (κ1) is 14.1. The zero-order chi connectivity index (χ0) is 14.9. The number of imide groups is 2. The number of hydrogen-bond donors (Lipinski definition) is 0. The lowest BCUT2D eigenvalue weighted by Gasteiger charge is -2.15. The molecule has 1 aromatic rings. The largest absolute Gasteiger partial charge is 0.497 e. The van der Waals surface area contributed by atoms with Crippen LogP contribution in [0.15, 0.2) is 35.9 Å². The molecule has 1 aliphatic rings. The number of methoxy groups -OCH3 is 1. The molecular weight excluding hydrogens is 284 g/mol. The standard InChI is InChI=1S/C13H11ClN2O4/c1-8(14)7-15-11(17)12(18)16(13(15)19)9-3-5-10(20-2)6-4-9/h3-6H,1,7H2,2H3. The Balaban J connectivity index is 2.32. The molecule has 0 atom stereocenters. The highest BCUT2D eigenvalue weighted by molar-refractivity contribution is 6.53. The number of carbonyl (C=O) groups is 3. The van der Waals surface area contributed by atoms with E-state index in [0.717, 1.165) is 9.80 Å². The van der Waals surface area contributed by atoms with E-state index in [1.54, 1.807) is 12.1 Å². The van der Waals surface area contributed by atoms with E-state index < -0.39 is 17.8 Å². The summed E-state index contributed by atoms with van der Waals surface area (Å²) in [5.41, 5.74) is 0.289. The topological polar surface area (TPSA) is 66.9 Å². The molecule has 6 nitrogen and oxygen atoms in total. The van der Waals surface area contributed by atoms with Crippen LogP contribution in [0.2, 0.25) is 0 Å². The zero-order valence-electron chi connectivity index (χ0n) is 10.6. The summed E-state index contributed by atoms with van der Waals surface area (Å²) < 4.78 is 4.99. The van der Waals surface area contributed by atoms with Gasteiger partial charge in [0, 0.05) is 5.03 Å². The molecule has 0 spiro atoms. The van der Waals surface area contributed by atoms with Crippen LogP contribution in [0.25, 0.3) is 0 Å². The molecule has 1 heterocycles. The maximum Gasteiger partial charge on any atom is 0.339 e. The molecule has 20 heavy (non-hydrogen) atoms. The fraction of sp³-hybridized carbons (Fsp3) is 0.154. The molecule has 0 aliphatic carbocycles. The highest BCUT2D eigenvalue weighted by atomic mass is 35.5. The molecule has 0 saturated carbocycles. The third-order valence-corrected chi connectivity index (χ3v) is 2.83. The van der Waals surface area contributed by atoms with Crippen LogP contribution >= 0.6 is 11.6 Å². The SMILES string of the molecule is C=C(Cl)CN1C(=O)C(=O)N(c2ccc(OC)cc2)C1=O. The van der Waals surface area contributed by atoms with Crippen molar-refractivity contribution in [3.63, 3.8) is 0 Å². The second-order valence-electron chi connectivity index (χ2n) is 4.03. The van der Waals surface area contributed by atoms with Crippen molar-refractivity contribution in [2.45, 2.75) is 0 Å². The third-order valence-electron chi connectivity index (χ3n) is 2.71. The molecule has 2 rings (SSSR count). The number of amides is 4. The monoisotopic (exact) mass is 294 g/mol. The van der Waals surface area contributed by atoms with Gasteiger partial charge in [0.2, 0.25) is 0 Å². The fourth-order valence-corrected chi connectivity index (χ4v) is 1.90. The van der Waals surface area contributed by atoms with Gasteiger partial charge in [-0.1, -0.05) is 18.2 Å². The molecule has 7 heteroatoms. The van der Waals surface area contributed by atoms with Gasteiger partial charge in [-0.3, -0.25) is 9.59 Å². The summed E-state index contributed by atoms with van der Waals surface area (Å²) in [6.45, 7) is 3.21. The van der Waals surface area contributed by atoms with E-state index in [9.17, 15) is 14.4 Å². The Bertz CT molecular complexity index is 597. The van der Waals surface area contributed by atoms with E-state index in [0.29, 0.717) is 5.75 Å². The lowest BCUT2D eigenvalue weighted by atomic mass is 10.3. The minimum absolute atomic E-state index is 0.0936. The maximum atomic E-state index is 12.1. The van der Waals surface area contributed by atoms with Gasteiger partial charge in [0.05, 0.1) is 19.3 Å². The van der Waals surface area contributed by atoms with E-state index in [4.69, 9.17) is 16.3 Å². The van der Waals surface area contributed by atoms with Gasteiger partial charge in [0.15, 0.2) is 0 Å². The summed E-state index contributed by atoms with van der Waals surface area (Å²) in [6, 6.07) is 5.46. The van der Waals surface area contributed by atoms with Crippen molar-refractivity contribution in [1.29, 1.82) is 0 Å². The molecule has 1 aliphatic heterocycles. The zero-order valence-corrected chi connectivity index (χ0v) is 11.4. The summed E-state index contributed by atoms with van der Waals surface area (Å²) in [6.07, 6.45) is 0. The lowest BCUT2D eigenvalue weighted by molar-refractivity contribution is -0.139. The average molecular weight is 295 g/mol. The molecule has 0 unspecified atom stereocenters. The van der Waals surface area contributed by atoms with Crippen molar-refractivity contribution in [2.24, 2.45) is 0 Å². The first-order valence-electron chi connectivity index (χ1n) is 5.63. The third kappa shape index (κ3) is 2.37. The van der Waals surface area contributed by atoms with E-state index in [2.05, 4.69) is 6.58 Å². The summed E-state index contributed by atoms with van der Waals surface area (Å²) in [5, 5.41) is 0.0936. The number of carbonyl (C=O) groups excluding carboxylic acids is 3. The van der Waals surface area contributed by atoms with Crippen LogP contribution in [-0.2, 0) is 9.59 Å². The second kappa shape index (κ2) is 5.34. The number of nitrogens with zero attached hydrogens (tertiary/aromatic N) is 2. The van der Waals surface area contributed by atoms with Crippen molar-refractivity contribution in [3.05, 3.63) is 35.9 Å². The summed E-state index contributed by atoms with van der Waals surface area (Å²) in [5.74, 6) is -1.27. The normalized spacial score (nSPS) is 15.0. The van der Waals surface area contributed by atoms with Crippen molar-refractivity contribution in [3.8, 4) is 5.75 Å². The smallest absolute Gasteiger partial charge is 0.339 e. The van der Waals surface area contributed by atoms with Crippen molar-refractivity contribution >= 4 is 35.1 Å². The van der Waals surface area contributed by atoms with Crippen LogP contribution in [0, 0.1) is 0 Å². The molecule has 4 amide bonds. The lowest BCUT2D eigenvalue weighted by Crippen LogP contribution is -2.34. The predicted octanol–water partition coefficient (Wildman–Crippen LogP) is 1.74. The quantitative estimate of drug-likeness (QED) is 0.627. The van der Waals surface area contributed by atoms with Gasteiger partial charge in [0.1, 0.15) is 5.75 Å². The Morgan fingerprint density at radius 2 is 1.80 bits per heavy atom. The number of halogens is 1. The minimum atomic E-state index is -0.924. The van der Waals surface area contributed by atoms with Crippen LogP contribution < -0.4 is 9.64 Å². The van der Waals surface area contributed by atoms with Crippen LogP contribution in [-0.4, -0.2) is 36.4 Å². The van der Waals surface area contributed by atoms with Gasteiger partial charge in [-0.25, -0.2) is 14.6 Å². The van der Waals surface area contributed by atoms with Gasteiger partial charge in [0.25, 0.3) is 0 Å². The molecule has 1 aromatic carbocycles. The Kier molecular flexibility index (Phi) is 3.76. The Morgan fingerprint density at radius 1 is 1.20 bits per heavy atom. The summed E-state index contributed by atoms with van der Waals surface area (Å²) >= 11 is 5.58. The highest BCUT2D eigenvalue weighted by Gasteiger charge is 2.45. The number of benzene rings is 1. The van der Waals surface area contributed by atoms with Gasteiger partial charge in [-0.05, 0) is 24.3 Å². The summed E-state index contributed by atoms with van der Waals surface area (Å²) in [7, 11) is 1.50. The van der Waals surface area contributed by atoms with Gasteiger partial charge >= 0.3 is 17.8 Å². The van der Waals surface area contributed by atoms with Crippen molar-refractivity contribution in [1.82, 2.24) is 4.90 Å². The highest BCUT2D eigenvalue weighted by Crippen LogP contribution is 2.25. The molecule has 0 bridgehead atoms. The van der Waals surface area contributed by atoms with Gasteiger partial charge in [-0.2, -0.15) is 0 Å². The maximum absolute atomic E-state index is 12.1. The molecular formula is C13H11ClN2O4. The Hall–Kier alpha value is -2.34. The minimum Gasteiger partial charge on any atom is -0.497 e. The van der Waals surface area contributed by atoms with E-state index in [-0.39, 0.29) is 17.3 Å². The van der Waals surface area contributed by atoms with E-state index in [1.807, 2.05) is 0 Å². The van der Waals surface area contributed by atoms with Crippen LogP contribution in [0.1, 0.15) is 0 Å². The van der Waals surface area contributed by atoms with Crippen molar-refractivity contribution < 1.29 is 19.1 Å². The van der Waals surface area contributed by atoms with Crippen LogP contribution in [0.3, 0.4) is 0 Å². The van der Waals surface area contributed by atoms with E-state index >= 15 is 0 Å².